The molecule has 0 bridgehead atoms. The van der Waals surface area contributed by atoms with Gasteiger partial charge >= 0.3 is 5.97 Å². The Balaban J connectivity index is 3.03. The number of amides is 4. The van der Waals surface area contributed by atoms with Crippen molar-refractivity contribution in [2.75, 3.05) is 6.54 Å². The maximum absolute atomic E-state index is 13.2. The number of nitrogens with two attached hydrogens (primary N) is 3. The summed E-state index contributed by atoms with van der Waals surface area (Å²) in [5.74, 6) is -4.42. The van der Waals surface area contributed by atoms with Crippen LogP contribution < -0.4 is 33.2 Å². The van der Waals surface area contributed by atoms with Crippen LogP contribution in [0, 0.1) is 5.92 Å². The highest BCUT2D eigenvalue weighted by Crippen LogP contribution is 2.09. The smallest absolute Gasteiger partial charge is 0.326 e. The third-order valence-corrected chi connectivity index (χ3v) is 5.48. The molecule has 0 saturated carbocycles. The van der Waals surface area contributed by atoms with E-state index in [9.17, 15) is 29.1 Å². The maximum atomic E-state index is 13.2. The topological polar surface area (TPSA) is 220 Å². The van der Waals surface area contributed by atoms with Crippen molar-refractivity contribution in [1.82, 2.24) is 16.0 Å². The fourth-order valence-corrected chi connectivity index (χ4v) is 3.45. The minimum Gasteiger partial charge on any atom is -0.480 e. The lowest BCUT2D eigenvalue weighted by molar-refractivity contribution is -0.142. The summed E-state index contributed by atoms with van der Waals surface area (Å²) in [6.45, 7) is 3.80. The van der Waals surface area contributed by atoms with Crippen LogP contribution in [-0.4, -0.2) is 65.4 Å². The lowest BCUT2D eigenvalue weighted by atomic mass is 10.00. The molecule has 0 spiro atoms. The number of unbranched alkanes of at least 4 members (excludes halogenated alkanes) is 1. The zero-order valence-electron chi connectivity index (χ0n) is 20.7. The summed E-state index contributed by atoms with van der Waals surface area (Å²) in [5, 5.41) is 17.1. The van der Waals surface area contributed by atoms with Crippen molar-refractivity contribution in [3.63, 3.8) is 0 Å². The molecular formula is C24H38N6O6. The molecule has 12 nitrogen and oxygen atoms in total. The Bertz CT molecular complexity index is 894. The van der Waals surface area contributed by atoms with Crippen molar-refractivity contribution >= 4 is 29.6 Å². The number of carbonyl (C=O) groups excluding carboxylic acids is 4. The molecular weight excluding hydrogens is 468 g/mol. The van der Waals surface area contributed by atoms with E-state index >= 15 is 0 Å². The molecule has 1 rings (SSSR count). The molecule has 4 unspecified atom stereocenters. The molecule has 0 radical (unpaired) electrons. The molecule has 10 N–H and O–H groups in total. The summed E-state index contributed by atoms with van der Waals surface area (Å²) >= 11 is 0. The number of hydrogen-bond acceptors (Lipinski definition) is 7. The number of aliphatic carboxylic acids is 1. The second-order valence-corrected chi connectivity index (χ2v) is 8.94. The summed E-state index contributed by atoms with van der Waals surface area (Å²) < 4.78 is 0. The zero-order valence-corrected chi connectivity index (χ0v) is 20.7. The predicted octanol–water partition coefficient (Wildman–Crippen LogP) is -1.24. The molecule has 0 fully saturated rings. The van der Waals surface area contributed by atoms with Gasteiger partial charge < -0.3 is 38.3 Å². The molecule has 0 heterocycles. The normalized spacial score (nSPS) is 14.2. The van der Waals surface area contributed by atoms with E-state index in [2.05, 4.69) is 16.0 Å². The van der Waals surface area contributed by atoms with E-state index < -0.39 is 66.1 Å². The Labute approximate surface area is 210 Å². The number of primary amides is 1. The summed E-state index contributed by atoms with van der Waals surface area (Å²) in [4.78, 5) is 61.4. The van der Waals surface area contributed by atoms with Gasteiger partial charge in [-0.05, 0) is 37.3 Å². The first kappa shape index (κ1) is 30.5. The quantitative estimate of drug-likeness (QED) is 0.134. The van der Waals surface area contributed by atoms with Crippen LogP contribution >= 0.6 is 0 Å². The van der Waals surface area contributed by atoms with Gasteiger partial charge in [-0.3, -0.25) is 19.2 Å². The number of carboxylic acids is 1. The van der Waals surface area contributed by atoms with Crippen LogP contribution in [0.25, 0.3) is 0 Å². The standard InChI is InChI=1S/C24H38N6O6/c1-14(2)20(23(34)28-17(24(35)36)10-6-7-11-25)30-22(33)18(12-15-8-4-3-5-9-15)29-21(32)16(26)13-19(27)31/h3-5,8-9,14,16-18,20H,6-7,10-13,25-26H2,1-2H3,(H2,27,31)(H,28,34)(H,29,32)(H,30,33)(H,35,36). The first-order chi connectivity index (χ1) is 17.0. The molecule has 0 aliphatic rings. The Morgan fingerprint density at radius 1 is 0.889 bits per heavy atom. The molecule has 200 valence electrons. The van der Waals surface area contributed by atoms with E-state index in [0.29, 0.717) is 19.4 Å². The molecule has 0 aliphatic carbocycles. The lowest BCUT2D eigenvalue weighted by Gasteiger charge is -2.27. The van der Waals surface area contributed by atoms with Crippen LogP contribution in [-0.2, 0) is 30.4 Å². The number of nitrogens with one attached hydrogen (secondary N) is 3. The minimum absolute atomic E-state index is 0.0883. The monoisotopic (exact) mass is 506 g/mol. The van der Waals surface area contributed by atoms with Crippen LogP contribution in [0.3, 0.4) is 0 Å². The van der Waals surface area contributed by atoms with Crippen molar-refractivity contribution in [2.45, 2.75) is 70.1 Å². The largest absolute Gasteiger partial charge is 0.480 e. The van der Waals surface area contributed by atoms with E-state index in [1.54, 1.807) is 44.2 Å². The molecule has 1 aromatic carbocycles. The number of carboxylic acid groups (broad SMARTS) is 1. The lowest BCUT2D eigenvalue weighted by Crippen LogP contribution is -2.59. The Morgan fingerprint density at radius 3 is 2.03 bits per heavy atom. The molecule has 36 heavy (non-hydrogen) atoms. The van der Waals surface area contributed by atoms with Gasteiger partial charge in [0, 0.05) is 6.42 Å². The Kier molecular flexibility index (Phi) is 13.1. The number of hydrogen-bond donors (Lipinski definition) is 7. The van der Waals surface area contributed by atoms with Crippen LogP contribution in [0.4, 0.5) is 0 Å². The van der Waals surface area contributed by atoms with E-state index in [4.69, 9.17) is 17.2 Å². The second kappa shape index (κ2) is 15.5. The molecule has 4 amide bonds. The van der Waals surface area contributed by atoms with E-state index in [1.807, 2.05) is 0 Å². The fraction of sp³-hybridized carbons (Fsp3) is 0.542. The minimum atomic E-state index is -1.25. The van der Waals surface area contributed by atoms with Crippen molar-refractivity contribution in [1.29, 1.82) is 0 Å². The first-order valence-electron chi connectivity index (χ1n) is 11.9. The molecule has 1 aromatic rings. The van der Waals surface area contributed by atoms with Crippen molar-refractivity contribution in [2.24, 2.45) is 23.1 Å². The third kappa shape index (κ3) is 10.8. The highest BCUT2D eigenvalue weighted by Gasteiger charge is 2.32. The average molecular weight is 507 g/mol. The molecule has 4 atom stereocenters. The number of benzene rings is 1. The van der Waals surface area contributed by atoms with Gasteiger partial charge in [0.25, 0.3) is 0 Å². The summed E-state index contributed by atoms with van der Waals surface area (Å²) in [6, 6.07) is 4.30. The summed E-state index contributed by atoms with van der Waals surface area (Å²) in [5.41, 5.74) is 17.0. The zero-order chi connectivity index (χ0) is 27.3. The van der Waals surface area contributed by atoms with Crippen LogP contribution in [0.2, 0.25) is 0 Å². The van der Waals surface area contributed by atoms with Gasteiger partial charge in [0.05, 0.1) is 12.5 Å². The summed E-state index contributed by atoms with van der Waals surface area (Å²) in [7, 11) is 0. The van der Waals surface area contributed by atoms with Gasteiger partial charge in [-0.1, -0.05) is 44.2 Å². The highest BCUT2D eigenvalue weighted by atomic mass is 16.4. The van der Waals surface area contributed by atoms with E-state index in [1.165, 1.54) is 0 Å². The van der Waals surface area contributed by atoms with Gasteiger partial charge in [-0.25, -0.2) is 4.79 Å². The fourth-order valence-electron chi connectivity index (χ4n) is 3.45. The van der Waals surface area contributed by atoms with Gasteiger partial charge in [0.15, 0.2) is 0 Å². The average Bonchev–Trinajstić information content (AvgIpc) is 2.81. The van der Waals surface area contributed by atoms with Gasteiger partial charge in [-0.2, -0.15) is 0 Å². The van der Waals surface area contributed by atoms with Crippen molar-refractivity contribution < 1.29 is 29.1 Å². The molecule has 0 aliphatic heterocycles. The maximum Gasteiger partial charge on any atom is 0.326 e. The van der Waals surface area contributed by atoms with Gasteiger partial charge in [-0.15, -0.1) is 0 Å². The second-order valence-electron chi connectivity index (χ2n) is 8.94. The van der Waals surface area contributed by atoms with Crippen LogP contribution in [0.5, 0.6) is 0 Å². The van der Waals surface area contributed by atoms with Crippen molar-refractivity contribution in [3.8, 4) is 0 Å². The van der Waals surface area contributed by atoms with E-state index in [-0.39, 0.29) is 12.8 Å². The number of rotatable bonds is 16. The van der Waals surface area contributed by atoms with Gasteiger partial charge in [0.1, 0.15) is 18.1 Å². The highest BCUT2D eigenvalue weighted by molar-refractivity contribution is 5.95. The molecule has 0 aromatic heterocycles. The predicted molar refractivity (Wildman–Crippen MR) is 133 cm³/mol. The Morgan fingerprint density at radius 2 is 1.50 bits per heavy atom. The SMILES string of the molecule is CC(C)C(NC(=O)C(Cc1ccccc1)NC(=O)C(N)CC(N)=O)C(=O)NC(CCCCN)C(=O)O. The van der Waals surface area contributed by atoms with Crippen molar-refractivity contribution in [3.05, 3.63) is 35.9 Å². The Hall–Kier alpha value is -3.51. The van der Waals surface area contributed by atoms with Gasteiger partial charge in [0.2, 0.25) is 23.6 Å². The molecule has 12 heteroatoms. The molecule has 0 saturated heterocycles. The van der Waals surface area contributed by atoms with Crippen LogP contribution in [0.1, 0.15) is 45.1 Å². The van der Waals surface area contributed by atoms with E-state index in [0.717, 1.165) is 5.56 Å². The first-order valence-corrected chi connectivity index (χ1v) is 11.9. The third-order valence-electron chi connectivity index (χ3n) is 5.48. The number of carbonyl (C=O) groups is 5. The summed E-state index contributed by atoms with van der Waals surface area (Å²) in [6.07, 6.45) is 1.02. The van der Waals surface area contributed by atoms with Crippen LogP contribution in [0.15, 0.2) is 30.3 Å².